The Morgan fingerprint density at radius 2 is 0.672 bits per heavy atom. The normalized spacial score (nSPS) is 12.5. The van der Waals surface area contributed by atoms with Crippen LogP contribution in [-0.2, 0) is 28.6 Å². The molecule has 0 aliphatic heterocycles. The smallest absolute Gasteiger partial charge is 0.306 e. The lowest BCUT2D eigenvalue weighted by molar-refractivity contribution is -0.167. The van der Waals surface area contributed by atoms with Crippen molar-refractivity contribution in [3.63, 3.8) is 0 Å². The SMILES string of the molecule is CC/C=C\C/C=C\C/C=C\C/C=C\CCCCCCC(=O)OCC(COC(=O)CCCCCCCC)OC(=O)CCCCCCCCC/C=C\CCCCCCCC. The fraction of sp³-hybridized carbons (Fsp3) is 0.750. The quantitative estimate of drug-likeness (QED) is 0.0264. The van der Waals surface area contributed by atoms with E-state index in [1.165, 1.54) is 96.3 Å². The summed E-state index contributed by atoms with van der Waals surface area (Å²) in [7, 11) is 0. The summed E-state index contributed by atoms with van der Waals surface area (Å²) < 4.78 is 16.7. The maximum absolute atomic E-state index is 12.7. The summed E-state index contributed by atoms with van der Waals surface area (Å²) in [6.07, 6.45) is 56.5. The van der Waals surface area contributed by atoms with Crippen LogP contribution in [0, 0.1) is 0 Å². The van der Waals surface area contributed by atoms with Crippen molar-refractivity contribution in [2.75, 3.05) is 13.2 Å². The molecule has 0 fully saturated rings. The minimum Gasteiger partial charge on any atom is -0.462 e. The van der Waals surface area contributed by atoms with Gasteiger partial charge in [0.15, 0.2) is 6.10 Å². The van der Waals surface area contributed by atoms with Gasteiger partial charge in [0.2, 0.25) is 0 Å². The number of hydrogen-bond acceptors (Lipinski definition) is 6. The van der Waals surface area contributed by atoms with E-state index in [1.54, 1.807) is 0 Å². The van der Waals surface area contributed by atoms with Gasteiger partial charge in [0.05, 0.1) is 0 Å². The first-order chi connectivity index (χ1) is 28.5. The first kappa shape index (κ1) is 55.1. The summed E-state index contributed by atoms with van der Waals surface area (Å²) in [6.45, 7) is 6.43. The van der Waals surface area contributed by atoms with Crippen LogP contribution < -0.4 is 0 Å². The van der Waals surface area contributed by atoms with E-state index in [2.05, 4.69) is 81.5 Å². The summed E-state index contributed by atoms with van der Waals surface area (Å²) in [5.41, 5.74) is 0. The van der Waals surface area contributed by atoms with E-state index in [0.29, 0.717) is 19.3 Å². The second kappa shape index (κ2) is 46.8. The highest BCUT2D eigenvalue weighted by Crippen LogP contribution is 2.14. The number of rotatable bonds is 43. The van der Waals surface area contributed by atoms with Crippen molar-refractivity contribution in [3.05, 3.63) is 60.8 Å². The highest BCUT2D eigenvalue weighted by Gasteiger charge is 2.19. The summed E-state index contributed by atoms with van der Waals surface area (Å²) in [5.74, 6) is -0.922. The van der Waals surface area contributed by atoms with Crippen molar-refractivity contribution in [1.82, 2.24) is 0 Å². The molecule has 0 aromatic heterocycles. The molecule has 0 rings (SSSR count). The Labute approximate surface area is 358 Å². The molecule has 1 atom stereocenters. The molecule has 0 aromatic carbocycles. The monoisotopic (exact) mass is 811 g/mol. The summed E-state index contributed by atoms with van der Waals surface area (Å²) in [5, 5.41) is 0. The van der Waals surface area contributed by atoms with Crippen molar-refractivity contribution < 1.29 is 28.6 Å². The molecule has 58 heavy (non-hydrogen) atoms. The van der Waals surface area contributed by atoms with Crippen molar-refractivity contribution in [3.8, 4) is 0 Å². The highest BCUT2D eigenvalue weighted by atomic mass is 16.6. The molecule has 0 aromatic rings. The van der Waals surface area contributed by atoms with Gasteiger partial charge in [-0.1, -0.05) is 191 Å². The van der Waals surface area contributed by atoms with E-state index in [1.807, 2.05) is 0 Å². The van der Waals surface area contributed by atoms with E-state index in [9.17, 15) is 14.4 Å². The van der Waals surface area contributed by atoms with Crippen LogP contribution in [-0.4, -0.2) is 37.2 Å². The minimum absolute atomic E-state index is 0.0841. The first-order valence-electron chi connectivity index (χ1n) is 24.3. The number of allylic oxidation sites excluding steroid dienone is 10. The minimum atomic E-state index is -0.782. The molecule has 6 nitrogen and oxygen atoms in total. The fourth-order valence-corrected chi connectivity index (χ4v) is 6.60. The van der Waals surface area contributed by atoms with Gasteiger partial charge >= 0.3 is 17.9 Å². The Hall–Kier alpha value is -2.89. The van der Waals surface area contributed by atoms with Crippen LogP contribution in [0.25, 0.3) is 0 Å². The van der Waals surface area contributed by atoms with Crippen LogP contribution in [0.2, 0.25) is 0 Å². The van der Waals surface area contributed by atoms with Crippen LogP contribution >= 0.6 is 0 Å². The molecule has 0 saturated carbocycles. The van der Waals surface area contributed by atoms with Gasteiger partial charge in [-0.15, -0.1) is 0 Å². The molecular formula is C52H90O6. The summed E-state index contributed by atoms with van der Waals surface area (Å²) >= 11 is 0. The largest absolute Gasteiger partial charge is 0.462 e. The van der Waals surface area contributed by atoms with E-state index in [0.717, 1.165) is 96.3 Å². The average Bonchev–Trinajstić information content (AvgIpc) is 3.22. The number of esters is 3. The van der Waals surface area contributed by atoms with Crippen molar-refractivity contribution >= 4 is 17.9 Å². The van der Waals surface area contributed by atoms with Gasteiger partial charge in [0.1, 0.15) is 13.2 Å². The van der Waals surface area contributed by atoms with Crippen LogP contribution in [0.15, 0.2) is 60.8 Å². The molecule has 0 amide bonds. The van der Waals surface area contributed by atoms with Gasteiger partial charge in [-0.2, -0.15) is 0 Å². The van der Waals surface area contributed by atoms with Gasteiger partial charge in [-0.05, 0) is 83.5 Å². The third-order valence-electron chi connectivity index (χ3n) is 10.3. The predicted octanol–water partition coefficient (Wildman–Crippen LogP) is 15.7. The molecule has 0 saturated heterocycles. The maximum Gasteiger partial charge on any atom is 0.306 e. The molecule has 0 spiro atoms. The second-order valence-electron chi connectivity index (χ2n) is 16.0. The van der Waals surface area contributed by atoms with Gasteiger partial charge in [-0.3, -0.25) is 14.4 Å². The van der Waals surface area contributed by atoms with Gasteiger partial charge in [0.25, 0.3) is 0 Å². The molecule has 0 bridgehead atoms. The Morgan fingerprint density at radius 1 is 0.362 bits per heavy atom. The standard InChI is InChI=1S/C52H90O6/c1-4-7-10-13-16-18-20-22-24-26-28-30-32-34-36-39-42-45-51(54)57-48-49(47-56-50(53)44-41-38-15-12-9-6-3)58-52(55)46-43-40-37-35-33-31-29-27-25-23-21-19-17-14-11-8-5-2/h7,10,16,18,22-25,28,30,49H,4-6,8-9,11-15,17,19-21,26-27,29,31-48H2,1-3H3/b10-7-,18-16-,24-22-,25-23-,30-28-. The maximum atomic E-state index is 12.7. The number of carbonyl (C=O) groups excluding carboxylic acids is 3. The molecule has 1 unspecified atom stereocenters. The highest BCUT2D eigenvalue weighted by molar-refractivity contribution is 5.71. The summed E-state index contributed by atoms with van der Waals surface area (Å²) in [6, 6.07) is 0. The number of hydrogen-bond donors (Lipinski definition) is 0. The Bertz CT molecular complexity index is 1070. The average molecular weight is 811 g/mol. The zero-order chi connectivity index (χ0) is 42.3. The third kappa shape index (κ3) is 44.2. The van der Waals surface area contributed by atoms with Crippen molar-refractivity contribution in [1.29, 1.82) is 0 Å². The van der Waals surface area contributed by atoms with Crippen LogP contribution in [0.4, 0.5) is 0 Å². The van der Waals surface area contributed by atoms with Crippen molar-refractivity contribution in [2.45, 2.75) is 239 Å². The van der Waals surface area contributed by atoms with Gasteiger partial charge < -0.3 is 14.2 Å². The van der Waals surface area contributed by atoms with E-state index >= 15 is 0 Å². The molecule has 0 aliphatic rings. The fourth-order valence-electron chi connectivity index (χ4n) is 6.60. The van der Waals surface area contributed by atoms with E-state index in [4.69, 9.17) is 14.2 Å². The molecule has 0 aliphatic carbocycles. The Balaban J connectivity index is 4.29. The predicted molar refractivity (Wildman–Crippen MR) is 247 cm³/mol. The number of carbonyl (C=O) groups is 3. The topological polar surface area (TPSA) is 78.9 Å². The lowest BCUT2D eigenvalue weighted by Gasteiger charge is -2.18. The molecule has 0 heterocycles. The number of ether oxygens (including phenoxy) is 3. The molecule has 0 radical (unpaired) electrons. The molecule has 0 N–H and O–H groups in total. The zero-order valence-corrected chi connectivity index (χ0v) is 38.0. The number of unbranched alkanes of at least 4 members (excludes halogenated alkanes) is 22. The molecule has 334 valence electrons. The zero-order valence-electron chi connectivity index (χ0n) is 38.0. The molecular weight excluding hydrogens is 721 g/mol. The van der Waals surface area contributed by atoms with Gasteiger partial charge in [-0.25, -0.2) is 0 Å². The third-order valence-corrected chi connectivity index (χ3v) is 10.3. The first-order valence-corrected chi connectivity index (χ1v) is 24.3. The lowest BCUT2D eigenvalue weighted by Crippen LogP contribution is -2.30. The van der Waals surface area contributed by atoms with Crippen LogP contribution in [0.3, 0.4) is 0 Å². The second-order valence-corrected chi connectivity index (χ2v) is 16.0. The van der Waals surface area contributed by atoms with E-state index < -0.39 is 6.10 Å². The van der Waals surface area contributed by atoms with E-state index in [-0.39, 0.29) is 31.1 Å². The Kier molecular flexibility index (Phi) is 44.5. The Morgan fingerprint density at radius 3 is 1.07 bits per heavy atom. The van der Waals surface area contributed by atoms with Gasteiger partial charge in [0, 0.05) is 19.3 Å². The van der Waals surface area contributed by atoms with Crippen LogP contribution in [0.5, 0.6) is 0 Å². The van der Waals surface area contributed by atoms with Crippen molar-refractivity contribution in [2.24, 2.45) is 0 Å². The lowest BCUT2D eigenvalue weighted by atomic mass is 10.1. The summed E-state index contributed by atoms with van der Waals surface area (Å²) in [4.78, 5) is 37.7. The molecule has 6 heteroatoms. The van der Waals surface area contributed by atoms with Crippen LogP contribution in [0.1, 0.15) is 233 Å².